The fourth-order valence-electron chi connectivity index (χ4n) is 2.12. The van der Waals surface area contributed by atoms with E-state index in [0.717, 1.165) is 21.3 Å². The Morgan fingerprint density at radius 3 is 2.79 bits per heavy atom. The number of carbonyl (C=O) groups excluding carboxylic acids is 1. The van der Waals surface area contributed by atoms with Gasteiger partial charge in [0.15, 0.2) is 0 Å². The number of carbonyl (C=O) groups is 1. The molecule has 0 aliphatic carbocycles. The van der Waals surface area contributed by atoms with Crippen molar-refractivity contribution in [3.05, 3.63) is 56.4 Å². The maximum Gasteiger partial charge on any atom is 0.205 e. The number of hydrogen-bond donors (Lipinski definition) is 1. The fraction of sp³-hybridized carbons (Fsp3) is 0.133. The standard InChI is InChI=1S/C15H12ClNOS/c1-8-6-13(19-9(8)2)15(18)11-7-17-14-10(11)4-3-5-12(14)16/h3-7,17H,1-2H3. The molecule has 0 unspecified atom stereocenters. The monoisotopic (exact) mass is 289 g/mol. The molecule has 1 aromatic carbocycles. The van der Waals surface area contributed by atoms with Gasteiger partial charge in [-0.05, 0) is 31.5 Å². The van der Waals surface area contributed by atoms with Gasteiger partial charge < -0.3 is 4.98 Å². The highest BCUT2D eigenvalue weighted by molar-refractivity contribution is 7.14. The van der Waals surface area contributed by atoms with Crippen LogP contribution in [0.25, 0.3) is 10.9 Å². The number of benzene rings is 1. The van der Waals surface area contributed by atoms with Crippen LogP contribution in [-0.4, -0.2) is 10.8 Å². The van der Waals surface area contributed by atoms with Crippen LogP contribution in [-0.2, 0) is 0 Å². The van der Waals surface area contributed by atoms with Gasteiger partial charge in [-0.1, -0.05) is 23.7 Å². The average molecular weight is 290 g/mol. The zero-order valence-electron chi connectivity index (χ0n) is 10.6. The third-order valence-electron chi connectivity index (χ3n) is 3.30. The van der Waals surface area contributed by atoms with E-state index in [1.165, 1.54) is 16.2 Å². The van der Waals surface area contributed by atoms with Crippen LogP contribution < -0.4 is 0 Å². The summed E-state index contributed by atoms with van der Waals surface area (Å²) < 4.78 is 0. The lowest BCUT2D eigenvalue weighted by Crippen LogP contribution is -1.96. The smallest absolute Gasteiger partial charge is 0.205 e. The van der Waals surface area contributed by atoms with Gasteiger partial charge in [-0.25, -0.2) is 0 Å². The van der Waals surface area contributed by atoms with E-state index in [2.05, 4.69) is 4.98 Å². The molecule has 19 heavy (non-hydrogen) atoms. The van der Waals surface area contributed by atoms with Crippen LogP contribution in [0.1, 0.15) is 25.7 Å². The second-order valence-corrected chi connectivity index (χ2v) is 6.21. The van der Waals surface area contributed by atoms with Crippen LogP contribution in [0.3, 0.4) is 0 Å². The van der Waals surface area contributed by atoms with Crippen molar-refractivity contribution in [3.8, 4) is 0 Å². The second-order valence-electron chi connectivity index (χ2n) is 4.54. The molecule has 0 saturated heterocycles. The van der Waals surface area contributed by atoms with Crippen molar-refractivity contribution in [3.63, 3.8) is 0 Å². The number of para-hydroxylation sites is 1. The summed E-state index contributed by atoms with van der Waals surface area (Å²) >= 11 is 7.65. The number of aromatic nitrogens is 1. The molecule has 0 saturated carbocycles. The first-order valence-corrected chi connectivity index (χ1v) is 7.14. The molecule has 0 amide bonds. The van der Waals surface area contributed by atoms with Gasteiger partial charge in [-0.15, -0.1) is 11.3 Å². The van der Waals surface area contributed by atoms with Crippen LogP contribution in [0.5, 0.6) is 0 Å². The van der Waals surface area contributed by atoms with Crippen molar-refractivity contribution >= 4 is 39.6 Å². The number of ketones is 1. The van der Waals surface area contributed by atoms with E-state index < -0.39 is 0 Å². The van der Waals surface area contributed by atoms with Crippen LogP contribution in [0.15, 0.2) is 30.5 Å². The summed E-state index contributed by atoms with van der Waals surface area (Å²) in [4.78, 5) is 17.6. The number of thiophene rings is 1. The Hall–Kier alpha value is -1.58. The van der Waals surface area contributed by atoms with Crippen LogP contribution in [0.2, 0.25) is 5.02 Å². The van der Waals surface area contributed by atoms with E-state index in [1.54, 1.807) is 6.20 Å². The highest BCUT2D eigenvalue weighted by atomic mass is 35.5. The Morgan fingerprint density at radius 1 is 1.32 bits per heavy atom. The summed E-state index contributed by atoms with van der Waals surface area (Å²) in [6.07, 6.45) is 1.74. The highest BCUT2D eigenvalue weighted by Gasteiger charge is 2.17. The molecule has 3 rings (SSSR count). The zero-order chi connectivity index (χ0) is 13.6. The third-order valence-corrected chi connectivity index (χ3v) is 4.77. The van der Waals surface area contributed by atoms with Crippen molar-refractivity contribution < 1.29 is 4.79 Å². The second kappa shape index (κ2) is 4.51. The summed E-state index contributed by atoms with van der Waals surface area (Å²) in [5.74, 6) is 0.0507. The molecule has 96 valence electrons. The molecule has 2 heterocycles. The van der Waals surface area contributed by atoms with Crippen LogP contribution in [0, 0.1) is 13.8 Å². The van der Waals surface area contributed by atoms with Gasteiger partial charge in [0.1, 0.15) is 0 Å². The summed E-state index contributed by atoms with van der Waals surface area (Å²) in [6, 6.07) is 7.54. The Labute approximate surface area is 120 Å². The molecule has 1 N–H and O–H groups in total. The van der Waals surface area contributed by atoms with E-state index in [1.807, 2.05) is 38.1 Å². The number of hydrogen-bond acceptors (Lipinski definition) is 2. The number of halogens is 1. The summed E-state index contributed by atoms with van der Waals surface area (Å²) in [6.45, 7) is 4.05. The Morgan fingerprint density at radius 2 is 2.11 bits per heavy atom. The van der Waals surface area contributed by atoms with Crippen molar-refractivity contribution in [1.82, 2.24) is 4.98 Å². The normalized spacial score (nSPS) is 11.1. The molecule has 0 spiro atoms. The Bertz CT molecular complexity index is 765. The minimum absolute atomic E-state index is 0.0507. The van der Waals surface area contributed by atoms with E-state index in [4.69, 9.17) is 11.6 Å². The third kappa shape index (κ3) is 1.99. The molecule has 0 atom stereocenters. The van der Waals surface area contributed by atoms with Crippen molar-refractivity contribution in [1.29, 1.82) is 0 Å². The molecule has 2 nitrogen and oxygen atoms in total. The van der Waals surface area contributed by atoms with E-state index >= 15 is 0 Å². The number of aromatic amines is 1. The minimum atomic E-state index is 0.0507. The van der Waals surface area contributed by atoms with Crippen LogP contribution >= 0.6 is 22.9 Å². The van der Waals surface area contributed by atoms with Crippen molar-refractivity contribution in [2.24, 2.45) is 0 Å². The first kappa shape index (κ1) is 12.5. The van der Waals surface area contributed by atoms with E-state index in [0.29, 0.717) is 10.6 Å². The zero-order valence-corrected chi connectivity index (χ0v) is 12.2. The molecular formula is C15H12ClNOS. The van der Waals surface area contributed by atoms with E-state index in [9.17, 15) is 4.79 Å². The molecule has 2 aromatic heterocycles. The minimum Gasteiger partial charge on any atom is -0.359 e. The van der Waals surface area contributed by atoms with Gasteiger partial charge in [-0.3, -0.25) is 4.79 Å². The van der Waals surface area contributed by atoms with Crippen molar-refractivity contribution in [2.45, 2.75) is 13.8 Å². The maximum atomic E-state index is 12.5. The molecular weight excluding hydrogens is 278 g/mol. The summed E-state index contributed by atoms with van der Waals surface area (Å²) in [5.41, 5.74) is 2.66. The first-order chi connectivity index (χ1) is 9.08. The topological polar surface area (TPSA) is 32.9 Å². The molecule has 0 bridgehead atoms. The lowest BCUT2D eigenvalue weighted by molar-refractivity contribution is 0.104. The first-order valence-electron chi connectivity index (χ1n) is 5.95. The average Bonchev–Trinajstić information content (AvgIpc) is 2.94. The van der Waals surface area contributed by atoms with Crippen LogP contribution in [0.4, 0.5) is 0 Å². The quantitative estimate of drug-likeness (QED) is 0.680. The lowest BCUT2D eigenvalue weighted by atomic mass is 10.1. The molecule has 0 aliphatic heterocycles. The highest BCUT2D eigenvalue weighted by Crippen LogP contribution is 2.29. The summed E-state index contributed by atoms with van der Waals surface area (Å²) in [7, 11) is 0. The fourth-order valence-corrected chi connectivity index (χ4v) is 3.34. The van der Waals surface area contributed by atoms with E-state index in [-0.39, 0.29) is 5.78 Å². The molecule has 4 heteroatoms. The van der Waals surface area contributed by atoms with Gasteiger partial charge in [0.05, 0.1) is 15.4 Å². The van der Waals surface area contributed by atoms with Gasteiger partial charge in [0.25, 0.3) is 0 Å². The molecule has 3 aromatic rings. The molecule has 0 aliphatic rings. The number of H-pyrrole nitrogens is 1. The number of nitrogens with one attached hydrogen (secondary N) is 1. The maximum absolute atomic E-state index is 12.5. The predicted octanol–water partition coefficient (Wildman–Crippen LogP) is 4.73. The largest absolute Gasteiger partial charge is 0.359 e. The number of rotatable bonds is 2. The summed E-state index contributed by atoms with van der Waals surface area (Å²) in [5, 5.41) is 1.51. The predicted molar refractivity (Wildman–Crippen MR) is 80.5 cm³/mol. The molecule has 0 fully saturated rings. The molecule has 0 radical (unpaired) electrons. The van der Waals surface area contributed by atoms with Gasteiger partial charge in [-0.2, -0.15) is 0 Å². The Balaban J connectivity index is 2.14. The van der Waals surface area contributed by atoms with Gasteiger partial charge in [0.2, 0.25) is 5.78 Å². The van der Waals surface area contributed by atoms with Gasteiger partial charge >= 0.3 is 0 Å². The number of fused-ring (bicyclic) bond motifs is 1. The number of aryl methyl sites for hydroxylation is 2. The SMILES string of the molecule is Cc1cc(C(=O)c2c[nH]c3c(Cl)cccc23)sc1C. The lowest BCUT2D eigenvalue weighted by Gasteiger charge is -1.97. The van der Waals surface area contributed by atoms with Crippen molar-refractivity contribution in [2.75, 3.05) is 0 Å². The van der Waals surface area contributed by atoms with Gasteiger partial charge in [0, 0.05) is 22.0 Å². The Kier molecular flexibility index (Phi) is 2.96.